The molecule has 1 aliphatic carbocycles. The average Bonchev–Trinajstić information content (AvgIpc) is 3.34. The summed E-state index contributed by atoms with van der Waals surface area (Å²) in [5.74, 6) is -0.540. The van der Waals surface area contributed by atoms with Crippen LogP contribution in [0.15, 0.2) is 36.4 Å². The summed E-state index contributed by atoms with van der Waals surface area (Å²) in [5.41, 5.74) is 0.292. The van der Waals surface area contributed by atoms with Gasteiger partial charge in [-0.25, -0.2) is 0 Å². The lowest BCUT2D eigenvalue weighted by atomic mass is 10.1. The van der Waals surface area contributed by atoms with Crippen molar-refractivity contribution in [1.29, 1.82) is 0 Å². The summed E-state index contributed by atoms with van der Waals surface area (Å²) in [5, 5.41) is 14.9. The van der Waals surface area contributed by atoms with E-state index in [9.17, 15) is 19.7 Å². The Morgan fingerprint density at radius 2 is 1.86 bits per heavy atom. The van der Waals surface area contributed by atoms with Crippen molar-refractivity contribution in [2.24, 2.45) is 0 Å². The number of carbonyl (C=O) groups is 2. The van der Waals surface area contributed by atoms with Crippen LogP contribution < -0.4 is 14.8 Å². The number of hydrogen-bond donors (Lipinski definition) is 1. The van der Waals surface area contributed by atoms with Gasteiger partial charge < -0.3 is 19.7 Å². The number of nitro groups is 1. The molecule has 0 radical (unpaired) electrons. The monoisotopic (exact) mass is 523 g/mol. The van der Waals surface area contributed by atoms with Gasteiger partial charge in [0.15, 0.2) is 6.61 Å². The van der Waals surface area contributed by atoms with Crippen molar-refractivity contribution in [1.82, 2.24) is 10.2 Å². The number of nitro benzene ring substituents is 1. The van der Waals surface area contributed by atoms with Crippen LogP contribution in [0.3, 0.4) is 0 Å². The van der Waals surface area contributed by atoms with Gasteiger partial charge in [-0.2, -0.15) is 0 Å². The Morgan fingerprint density at radius 3 is 2.46 bits per heavy atom. The Kier molecular flexibility index (Phi) is 9.17. The van der Waals surface area contributed by atoms with Crippen molar-refractivity contribution in [3.8, 4) is 11.5 Å². The molecule has 0 heterocycles. The van der Waals surface area contributed by atoms with Crippen LogP contribution in [0.2, 0.25) is 10.0 Å². The zero-order valence-electron chi connectivity index (χ0n) is 19.5. The molecular weight excluding hydrogens is 497 g/mol. The van der Waals surface area contributed by atoms with Crippen LogP contribution in [0.4, 0.5) is 5.69 Å². The summed E-state index contributed by atoms with van der Waals surface area (Å²) in [6.07, 6.45) is 3.94. The van der Waals surface area contributed by atoms with Crippen LogP contribution in [0, 0.1) is 10.1 Å². The molecule has 3 rings (SSSR count). The molecule has 9 nitrogen and oxygen atoms in total. The summed E-state index contributed by atoms with van der Waals surface area (Å²) >= 11 is 12.6. The van der Waals surface area contributed by atoms with E-state index in [4.69, 9.17) is 32.7 Å². The first-order chi connectivity index (χ1) is 16.7. The largest absolute Gasteiger partial charge is 0.490 e. The number of carbonyl (C=O) groups excluding carboxylic acids is 2. The Morgan fingerprint density at radius 1 is 1.20 bits per heavy atom. The molecule has 0 spiro atoms. The van der Waals surface area contributed by atoms with Gasteiger partial charge in [-0.05, 0) is 38.0 Å². The first kappa shape index (κ1) is 26.6. The number of nitrogens with one attached hydrogen (secondary N) is 1. The number of ether oxygens (including phenoxy) is 2. The Hall–Kier alpha value is -3.04. The van der Waals surface area contributed by atoms with Crippen LogP contribution in [0.5, 0.6) is 11.5 Å². The second kappa shape index (κ2) is 12.1. The molecule has 188 valence electrons. The molecule has 2 amide bonds. The van der Waals surface area contributed by atoms with E-state index >= 15 is 0 Å². The maximum atomic E-state index is 13.3. The number of benzene rings is 2. The fourth-order valence-corrected chi connectivity index (χ4v) is 4.47. The first-order valence-electron chi connectivity index (χ1n) is 11.2. The van der Waals surface area contributed by atoms with Crippen molar-refractivity contribution in [3.63, 3.8) is 0 Å². The van der Waals surface area contributed by atoms with E-state index in [-0.39, 0.29) is 35.7 Å². The molecule has 0 aliphatic heterocycles. The van der Waals surface area contributed by atoms with Crippen LogP contribution in [0.1, 0.15) is 38.2 Å². The molecule has 0 aromatic heterocycles. The summed E-state index contributed by atoms with van der Waals surface area (Å²) in [6.45, 7) is 1.23. The molecule has 1 unspecified atom stereocenters. The number of hydrogen-bond acceptors (Lipinski definition) is 6. The SMILES string of the molecule is COc1cc(OCC(=O)N(Cc2c(Cl)cccc2Cl)C(C)C(=O)NC2CCCC2)ccc1[N+](=O)[O-]. The van der Waals surface area contributed by atoms with Gasteiger partial charge in [0.2, 0.25) is 11.7 Å². The van der Waals surface area contributed by atoms with Gasteiger partial charge in [-0.15, -0.1) is 0 Å². The molecule has 35 heavy (non-hydrogen) atoms. The van der Waals surface area contributed by atoms with E-state index in [1.807, 2.05) is 0 Å². The Bertz CT molecular complexity index is 1070. The van der Waals surface area contributed by atoms with Crippen molar-refractivity contribution in [3.05, 3.63) is 62.1 Å². The Balaban J connectivity index is 1.78. The standard InChI is InChI=1S/C24H27Cl2N3O6/c1-15(24(31)27-16-6-3-4-7-16)28(13-18-19(25)8-5-9-20(18)26)23(30)14-35-17-10-11-21(29(32)33)22(12-17)34-2/h5,8-12,15-16H,3-4,6-7,13-14H2,1-2H3,(H,27,31). The Labute approximate surface area is 213 Å². The second-order valence-corrected chi connectivity index (χ2v) is 9.08. The molecule has 1 N–H and O–H groups in total. The smallest absolute Gasteiger partial charge is 0.311 e. The van der Waals surface area contributed by atoms with Gasteiger partial charge in [-0.1, -0.05) is 42.1 Å². The summed E-state index contributed by atoms with van der Waals surface area (Å²) in [6, 6.07) is 8.23. The highest BCUT2D eigenvalue weighted by Gasteiger charge is 2.30. The van der Waals surface area contributed by atoms with E-state index < -0.39 is 23.5 Å². The highest BCUT2D eigenvalue weighted by atomic mass is 35.5. The van der Waals surface area contributed by atoms with Gasteiger partial charge in [0.1, 0.15) is 11.8 Å². The van der Waals surface area contributed by atoms with Gasteiger partial charge in [0, 0.05) is 40.3 Å². The minimum atomic E-state index is -0.814. The third kappa shape index (κ3) is 6.76. The molecule has 11 heteroatoms. The van der Waals surface area contributed by atoms with Crippen molar-refractivity contribution >= 4 is 40.7 Å². The van der Waals surface area contributed by atoms with Crippen molar-refractivity contribution < 1.29 is 24.0 Å². The van der Waals surface area contributed by atoms with Crippen molar-refractivity contribution in [2.75, 3.05) is 13.7 Å². The summed E-state index contributed by atoms with van der Waals surface area (Å²) in [7, 11) is 1.30. The predicted molar refractivity (Wildman–Crippen MR) is 132 cm³/mol. The van der Waals surface area contributed by atoms with Crippen LogP contribution in [-0.2, 0) is 16.1 Å². The quantitative estimate of drug-likeness (QED) is 0.354. The van der Waals surface area contributed by atoms with Crippen LogP contribution in [-0.4, -0.2) is 47.4 Å². The lowest BCUT2D eigenvalue weighted by Crippen LogP contribution is -2.50. The number of methoxy groups -OCH3 is 1. The molecule has 1 fully saturated rings. The highest BCUT2D eigenvalue weighted by Crippen LogP contribution is 2.31. The zero-order valence-corrected chi connectivity index (χ0v) is 21.0. The lowest BCUT2D eigenvalue weighted by Gasteiger charge is -2.30. The normalized spacial score (nSPS) is 14.3. The minimum Gasteiger partial charge on any atom is -0.490 e. The third-order valence-electron chi connectivity index (χ3n) is 5.97. The summed E-state index contributed by atoms with van der Waals surface area (Å²) in [4.78, 5) is 38.1. The van der Waals surface area contributed by atoms with E-state index in [0.29, 0.717) is 15.6 Å². The molecule has 2 aromatic rings. The van der Waals surface area contributed by atoms with E-state index in [0.717, 1.165) is 25.7 Å². The maximum absolute atomic E-state index is 13.3. The first-order valence-corrected chi connectivity index (χ1v) is 11.9. The molecule has 1 saturated carbocycles. The number of amides is 2. The maximum Gasteiger partial charge on any atom is 0.311 e. The fourth-order valence-electron chi connectivity index (χ4n) is 3.95. The molecule has 0 bridgehead atoms. The molecule has 2 aromatic carbocycles. The number of rotatable bonds is 10. The molecule has 1 atom stereocenters. The van der Waals surface area contributed by atoms with Crippen LogP contribution in [0.25, 0.3) is 0 Å². The average molecular weight is 524 g/mol. The topological polar surface area (TPSA) is 111 Å². The second-order valence-electron chi connectivity index (χ2n) is 8.27. The van der Waals surface area contributed by atoms with E-state index in [1.54, 1.807) is 25.1 Å². The van der Waals surface area contributed by atoms with Gasteiger partial charge in [0.05, 0.1) is 12.0 Å². The van der Waals surface area contributed by atoms with Gasteiger partial charge >= 0.3 is 5.69 Å². The third-order valence-corrected chi connectivity index (χ3v) is 6.68. The molecule has 0 saturated heterocycles. The van der Waals surface area contributed by atoms with E-state index in [1.165, 1.54) is 30.2 Å². The summed E-state index contributed by atoms with van der Waals surface area (Å²) < 4.78 is 10.6. The minimum absolute atomic E-state index is 0.00351. The lowest BCUT2D eigenvalue weighted by molar-refractivity contribution is -0.385. The molecule has 1 aliphatic rings. The fraction of sp³-hybridized carbons (Fsp3) is 0.417. The van der Waals surface area contributed by atoms with Crippen molar-refractivity contribution in [2.45, 2.75) is 51.2 Å². The predicted octanol–water partition coefficient (Wildman–Crippen LogP) is 4.77. The number of nitrogens with zero attached hydrogens (tertiary/aromatic N) is 2. The highest BCUT2D eigenvalue weighted by molar-refractivity contribution is 6.36. The number of halogens is 2. The van der Waals surface area contributed by atoms with Gasteiger partial charge in [0.25, 0.3) is 5.91 Å². The van der Waals surface area contributed by atoms with Gasteiger partial charge in [-0.3, -0.25) is 19.7 Å². The zero-order chi connectivity index (χ0) is 25.5. The van der Waals surface area contributed by atoms with Crippen LogP contribution >= 0.6 is 23.2 Å². The van der Waals surface area contributed by atoms with E-state index in [2.05, 4.69) is 5.32 Å². The molecular formula is C24H27Cl2N3O6.